The van der Waals surface area contributed by atoms with Crippen LogP contribution in [0.1, 0.15) is 19.3 Å². The minimum Gasteiger partial charge on any atom is -0.366 e. The standard InChI is InChI=1S/C13H17BrN2/c14-10-4-1-2-6-12(10)16-9-3-5-11-13(16)7-8-15-11/h1-2,4,6,11,13,15H,3,5,7-9H2. The Bertz CT molecular complexity index is 380. The van der Waals surface area contributed by atoms with Crippen LogP contribution in [0.2, 0.25) is 0 Å². The van der Waals surface area contributed by atoms with Crippen LogP contribution < -0.4 is 10.2 Å². The Kier molecular flexibility index (Phi) is 2.90. The maximum Gasteiger partial charge on any atom is 0.0513 e. The molecule has 2 unspecified atom stereocenters. The van der Waals surface area contributed by atoms with Gasteiger partial charge in [-0.05, 0) is 53.9 Å². The van der Waals surface area contributed by atoms with Crippen molar-refractivity contribution in [2.75, 3.05) is 18.0 Å². The van der Waals surface area contributed by atoms with Crippen molar-refractivity contribution in [1.29, 1.82) is 0 Å². The highest BCUT2D eigenvalue weighted by Gasteiger charge is 2.35. The lowest BCUT2D eigenvalue weighted by atomic mass is 9.97. The molecule has 2 atom stereocenters. The molecule has 0 saturated carbocycles. The molecule has 0 aliphatic carbocycles. The molecule has 2 aliphatic rings. The lowest BCUT2D eigenvalue weighted by molar-refractivity contribution is 0.412. The SMILES string of the molecule is Brc1ccccc1N1CCCC2NCCC21. The summed E-state index contributed by atoms with van der Waals surface area (Å²) in [5.74, 6) is 0. The lowest BCUT2D eigenvalue weighted by Gasteiger charge is -2.39. The van der Waals surface area contributed by atoms with E-state index in [-0.39, 0.29) is 0 Å². The topological polar surface area (TPSA) is 15.3 Å². The largest absolute Gasteiger partial charge is 0.366 e. The van der Waals surface area contributed by atoms with E-state index in [2.05, 4.69) is 50.4 Å². The van der Waals surface area contributed by atoms with Gasteiger partial charge < -0.3 is 10.2 Å². The number of halogens is 1. The third-order valence-corrected chi connectivity index (χ3v) is 4.46. The van der Waals surface area contributed by atoms with Gasteiger partial charge >= 0.3 is 0 Å². The average molecular weight is 281 g/mol. The first kappa shape index (κ1) is 10.6. The number of rotatable bonds is 1. The molecule has 0 spiro atoms. The van der Waals surface area contributed by atoms with E-state index in [4.69, 9.17) is 0 Å². The molecular weight excluding hydrogens is 264 g/mol. The summed E-state index contributed by atoms with van der Waals surface area (Å²) in [6, 6.07) is 9.99. The van der Waals surface area contributed by atoms with Gasteiger partial charge in [0.2, 0.25) is 0 Å². The van der Waals surface area contributed by atoms with E-state index in [0.717, 1.165) is 0 Å². The predicted octanol–water partition coefficient (Wildman–Crippen LogP) is 2.78. The van der Waals surface area contributed by atoms with Crippen LogP contribution in [0.25, 0.3) is 0 Å². The number of anilines is 1. The zero-order valence-corrected chi connectivity index (χ0v) is 10.9. The first-order valence-corrected chi connectivity index (χ1v) is 6.90. The van der Waals surface area contributed by atoms with E-state index in [1.807, 2.05) is 0 Å². The molecule has 2 aliphatic heterocycles. The number of nitrogens with one attached hydrogen (secondary N) is 1. The minimum absolute atomic E-state index is 0.701. The molecule has 0 aromatic heterocycles. The second kappa shape index (κ2) is 4.38. The van der Waals surface area contributed by atoms with Crippen molar-refractivity contribution >= 4 is 21.6 Å². The third-order valence-electron chi connectivity index (χ3n) is 3.79. The highest BCUT2D eigenvalue weighted by atomic mass is 79.9. The van der Waals surface area contributed by atoms with Crippen molar-refractivity contribution in [2.45, 2.75) is 31.3 Å². The third kappa shape index (κ3) is 1.76. The maximum atomic E-state index is 3.67. The van der Waals surface area contributed by atoms with Gasteiger partial charge in [-0.15, -0.1) is 0 Å². The van der Waals surface area contributed by atoms with E-state index in [1.54, 1.807) is 0 Å². The highest BCUT2D eigenvalue weighted by molar-refractivity contribution is 9.10. The van der Waals surface area contributed by atoms with Gasteiger partial charge in [-0.1, -0.05) is 12.1 Å². The van der Waals surface area contributed by atoms with Gasteiger partial charge in [-0.25, -0.2) is 0 Å². The molecule has 2 heterocycles. The fourth-order valence-corrected chi connectivity index (χ4v) is 3.56. The summed E-state index contributed by atoms with van der Waals surface area (Å²) in [7, 11) is 0. The molecule has 1 aromatic rings. The van der Waals surface area contributed by atoms with E-state index in [9.17, 15) is 0 Å². The number of fused-ring (bicyclic) bond motifs is 1. The monoisotopic (exact) mass is 280 g/mol. The minimum atomic E-state index is 0.701. The van der Waals surface area contributed by atoms with Gasteiger partial charge in [0.15, 0.2) is 0 Å². The summed E-state index contributed by atoms with van der Waals surface area (Å²) in [5.41, 5.74) is 1.36. The average Bonchev–Trinajstić information content (AvgIpc) is 2.77. The van der Waals surface area contributed by atoms with Crippen LogP contribution in [-0.4, -0.2) is 25.2 Å². The summed E-state index contributed by atoms with van der Waals surface area (Å²) in [6.07, 6.45) is 3.92. The van der Waals surface area contributed by atoms with Gasteiger partial charge in [0.1, 0.15) is 0 Å². The molecular formula is C13H17BrN2. The van der Waals surface area contributed by atoms with Crippen LogP contribution in [0.5, 0.6) is 0 Å². The normalized spacial score (nSPS) is 29.2. The number of benzene rings is 1. The maximum absolute atomic E-state index is 3.67. The summed E-state index contributed by atoms with van der Waals surface area (Å²) in [6.45, 7) is 2.38. The Balaban J connectivity index is 1.91. The molecule has 1 aromatic carbocycles. The first-order chi connectivity index (χ1) is 7.86. The van der Waals surface area contributed by atoms with E-state index < -0.39 is 0 Å². The zero-order valence-electron chi connectivity index (χ0n) is 9.32. The van der Waals surface area contributed by atoms with Gasteiger partial charge in [-0.2, -0.15) is 0 Å². The van der Waals surface area contributed by atoms with E-state index >= 15 is 0 Å². The van der Waals surface area contributed by atoms with Gasteiger partial charge in [0.05, 0.1) is 5.69 Å². The van der Waals surface area contributed by atoms with E-state index in [0.29, 0.717) is 12.1 Å². The molecule has 16 heavy (non-hydrogen) atoms. The highest BCUT2D eigenvalue weighted by Crippen LogP contribution is 2.33. The van der Waals surface area contributed by atoms with Crippen LogP contribution in [0.3, 0.4) is 0 Å². The summed E-state index contributed by atoms with van der Waals surface area (Å²) in [4.78, 5) is 2.58. The molecule has 2 saturated heterocycles. The molecule has 2 fully saturated rings. The van der Waals surface area contributed by atoms with Crippen LogP contribution in [0, 0.1) is 0 Å². The Labute approximate surface area is 105 Å². The molecule has 3 rings (SSSR count). The molecule has 86 valence electrons. The Morgan fingerprint density at radius 1 is 1.25 bits per heavy atom. The second-order valence-electron chi connectivity index (χ2n) is 4.70. The fourth-order valence-electron chi connectivity index (χ4n) is 3.05. The van der Waals surface area contributed by atoms with Crippen molar-refractivity contribution in [3.05, 3.63) is 28.7 Å². The molecule has 3 heteroatoms. The van der Waals surface area contributed by atoms with Crippen LogP contribution >= 0.6 is 15.9 Å². The van der Waals surface area contributed by atoms with E-state index in [1.165, 1.54) is 42.5 Å². The Hall–Kier alpha value is -0.540. The predicted molar refractivity (Wildman–Crippen MR) is 70.9 cm³/mol. The van der Waals surface area contributed by atoms with Crippen molar-refractivity contribution in [1.82, 2.24) is 5.32 Å². The number of piperidine rings is 1. The summed E-state index contributed by atoms with van der Waals surface area (Å²) >= 11 is 3.67. The van der Waals surface area contributed by atoms with Crippen LogP contribution in [0.15, 0.2) is 28.7 Å². The molecule has 1 N–H and O–H groups in total. The van der Waals surface area contributed by atoms with Crippen molar-refractivity contribution in [3.63, 3.8) is 0 Å². The van der Waals surface area contributed by atoms with Gasteiger partial charge in [-0.3, -0.25) is 0 Å². The smallest absolute Gasteiger partial charge is 0.0513 e. The van der Waals surface area contributed by atoms with Crippen LogP contribution in [0.4, 0.5) is 5.69 Å². The number of para-hydroxylation sites is 1. The van der Waals surface area contributed by atoms with Gasteiger partial charge in [0, 0.05) is 23.1 Å². The van der Waals surface area contributed by atoms with Crippen molar-refractivity contribution in [2.24, 2.45) is 0 Å². The first-order valence-electron chi connectivity index (χ1n) is 6.11. The van der Waals surface area contributed by atoms with Crippen molar-refractivity contribution in [3.8, 4) is 0 Å². The number of hydrogen-bond acceptors (Lipinski definition) is 2. The molecule has 0 radical (unpaired) electrons. The van der Waals surface area contributed by atoms with Crippen LogP contribution in [-0.2, 0) is 0 Å². The Morgan fingerprint density at radius 3 is 3.00 bits per heavy atom. The molecule has 0 amide bonds. The molecule has 0 bridgehead atoms. The lowest BCUT2D eigenvalue weighted by Crippen LogP contribution is -2.48. The summed E-state index contributed by atoms with van der Waals surface area (Å²) in [5, 5.41) is 3.62. The summed E-state index contributed by atoms with van der Waals surface area (Å²) < 4.78 is 1.22. The van der Waals surface area contributed by atoms with Crippen molar-refractivity contribution < 1.29 is 0 Å². The number of nitrogens with zero attached hydrogens (tertiary/aromatic N) is 1. The fraction of sp³-hybridized carbons (Fsp3) is 0.538. The quantitative estimate of drug-likeness (QED) is 0.851. The van der Waals surface area contributed by atoms with Gasteiger partial charge in [0.25, 0.3) is 0 Å². The Morgan fingerprint density at radius 2 is 2.12 bits per heavy atom. The number of hydrogen-bond donors (Lipinski definition) is 1. The molecule has 2 nitrogen and oxygen atoms in total. The second-order valence-corrected chi connectivity index (χ2v) is 5.56. The zero-order chi connectivity index (χ0) is 11.0.